The van der Waals surface area contributed by atoms with Gasteiger partial charge >= 0.3 is 0 Å². The summed E-state index contributed by atoms with van der Waals surface area (Å²) < 4.78 is 0. The van der Waals surface area contributed by atoms with E-state index in [0.717, 1.165) is 18.5 Å². The number of anilines is 1. The zero-order valence-electron chi connectivity index (χ0n) is 8.03. The van der Waals surface area contributed by atoms with E-state index < -0.39 is 0 Å². The molecule has 0 aromatic heterocycles. The smallest absolute Gasteiger partial charge is 0.0431 e. The Hall–Kier alpha value is -1.02. The molecular weight excluding hydrogens is 162 g/mol. The molecule has 0 bridgehead atoms. The fourth-order valence-electron chi connectivity index (χ4n) is 1.29. The number of benzene rings is 1. The zero-order chi connectivity index (χ0) is 9.52. The van der Waals surface area contributed by atoms with Crippen LogP contribution in [0.15, 0.2) is 30.3 Å². The molecule has 0 aliphatic carbocycles. The summed E-state index contributed by atoms with van der Waals surface area (Å²) >= 11 is 0. The van der Waals surface area contributed by atoms with Gasteiger partial charge in [-0.1, -0.05) is 18.2 Å². The molecule has 1 aromatic rings. The quantitative estimate of drug-likeness (QED) is 0.726. The highest BCUT2D eigenvalue weighted by atomic mass is 16.2. The van der Waals surface area contributed by atoms with E-state index in [1.165, 1.54) is 0 Å². The number of nitrogens with one attached hydrogen (secondary N) is 1. The lowest BCUT2D eigenvalue weighted by molar-refractivity contribution is 0.282. The van der Waals surface area contributed by atoms with Gasteiger partial charge in [-0.15, -0.1) is 0 Å². The van der Waals surface area contributed by atoms with Gasteiger partial charge in [-0.3, -0.25) is 0 Å². The van der Waals surface area contributed by atoms with Crippen LogP contribution >= 0.6 is 0 Å². The molecule has 2 nitrogen and oxygen atoms in total. The minimum absolute atomic E-state index is 0.279. The summed E-state index contributed by atoms with van der Waals surface area (Å²) in [5.74, 6) is 0. The van der Waals surface area contributed by atoms with Crippen molar-refractivity contribution >= 4 is 5.69 Å². The van der Waals surface area contributed by atoms with Crippen molar-refractivity contribution in [3.63, 3.8) is 0 Å². The van der Waals surface area contributed by atoms with Gasteiger partial charge in [0.25, 0.3) is 0 Å². The molecule has 0 aliphatic heterocycles. The number of para-hydroxylation sites is 1. The number of aliphatic hydroxyl groups is 1. The predicted molar refractivity (Wildman–Crippen MR) is 55.8 cm³/mol. The van der Waals surface area contributed by atoms with Crippen LogP contribution in [0.5, 0.6) is 0 Å². The van der Waals surface area contributed by atoms with Gasteiger partial charge in [-0.05, 0) is 31.9 Å². The van der Waals surface area contributed by atoms with Crippen molar-refractivity contribution in [3.05, 3.63) is 30.3 Å². The maximum absolute atomic E-state index is 8.65. The fourth-order valence-corrected chi connectivity index (χ4v) is 1.29. The van der Waals surface area contributed by atoms with Crippen LogP contribution < -0.4 is 5.32 Å². The maximum atomic E-state index is 8.65. The Labute approximate surface area is 79.6 Å². The first-order valence-electron chi connectivity index (χ1n) is 4.75. The highest BCUT2D eigenvalue weighted by molar-refractivity contribution is 5.43. The minimum atomic E-state index is 0.279. The normalized spacial score (nSPS) is 12.5. The van der Waals surface area contributed by atoms with Crippen molar-refractivity contribution < 1.29 is 5.11 Å². The standard InChI is InChI=1S/C11H17NO/c1-10(6-5-9-13)12-11-7-3-2-4-8-11/h2-4,7-8,10,12-13H,5-6,9H2,1H3/t10-/m1/s1. The molecule has 0 saturated carbocycles. The number of hydrogen-bond donors (Lipinski definition) is 2. The molecule has 0 spiro atoms. The monoisotopic (exact) mass is 179 g/mol. The van der Waals surface area contributed by atoms with Crippen molar-refractivity contribution in [2.24, 2.45) is 0 Å². The maximum Gasteiger partial charge on any atom is 0.0431 e. The summed E-state index contributed by atoms with van der Waals surface area (Å²) in [6.07, 6.45) is 1.87. The number of aliphatic hydroxyl groups excluding tert-OH is 1. The van der Waals surface area contributed by atoms with Crippen LogP contribution in [0.4, 0.5) is 5.69 Å². The molecular formula is C11H17NO. The Morgan fingerprint density at radius 2 is 2.00 bits per heavy atom. The molecule has 0 amide bonds. The summed E-state index contributed by atoms with van der Waals surface area (Å²) in [6, 6.07) is 10.6. The predicted octanol–water partition coefficient (Wildman–Crippen LogP) is 2.26. The highest BCUT2D eigenvalue weighted by Crippen LogP contribution is 2.09. The molecule has 2 heteroatoms. The van der Waals surface area contributed by atoms with Crippen LogP contribution in [-0.4, -0.2) is 17.8 Å². The average molecular weight is 179 g/mol. The molecule has 0 heterocycles. The van der Waals surface area contributed by atoms with E-state index >= 15 is 0 Å². The Morgan fingerprint density at radius 3 is 2.62 bits per heavy atom. The molecule has 0 unspecified atom stereocenters. The van der Waals surface area contributed by atoms with Gasteiger partial charge in [0, 0.05) is 18.3 Å². The van der Waals surface area contributed by atoms with Gasteiger partial charge < -0.3 is 10.4 Å². The van der Waals surface area contributed by atoms with Crippen LogP contribution in [0.3, 0.4) is 0 Å². The topological polar surface area (TPSA) is 32.3 Å². The first-order valence-corrected chi connectivity index (χ1v) is 4.75. The summed E-state index contributed by atoms with van der Waals surface area (Å²) in [5.41, 5.74) is 1.15. The Balaban J connectivity index is 2.32. The second kappa shape index (κ2) is 5.60. The second-order valence-corrected chi connectivity index (χ2v) is 3.28. The Kier molecular flexibility index (Phi) is 4.33. The molecule has 0 aliphatic rings. The van der Waals surface area contributed by atoms with Crippen LogP contribution in [0.25, 0.3) is 0 Å². The first-order chi connectivity index (χ1) is 6.33. The number of rotatable bonds is 5. The molecule has 72 valence electrons. The van der Waals surface area contributed by atoms with Crippen LogP contribution in [0, 0.1) is 0 Å². The molecule has 0 radical (unpaired) electrons. The molecule has 1 aromatic carbocycles. The molecule has 2 N–H and O–H groups in total. The van der Waals surface area contributed by atoms with Crippen molar-refractivity contribution in [2.75, 3.05) is 11.9 Å². The summed E-state index contributed by atoms with van der Waals surface area (Å²) in [7, 11) is 0. The van der Waals surface area contributed by atoms with E-state index in [4.69, 9.17) is 5.11 Å². The Morgan fingerprint density at radius 1 is 1.31 bits per heavy atom. The third-order valence-electron chi connectivity index (χ3n) is 1.98. The van der Waals surface area contributed by atoms with Gasteiger partial charge in [-0.2, -0.15) is 0 Å². The molecule has 13 heavy (non-hydrogen) atoms. The van der Waals surface area contributed by atoms with E-state index in [-0.39, 0.29) is 6.61 Å². The first kappa shape index (κ1) is 10.1. The van der Waals surface area contributed by atoms with Gasteiger partial charge in [-0.25, -0.2) is 0 Å². The third-order valence-corrected chi connectivity index (χ3v) is 1.98. The largest absolute Gasteiger partial charge is 0.396 e. The molecule has 0 saturated heterocycles. The van der Waals surface area contributed by atoms with Crippen LogP contribution in [0.1, 0.15) is 19.8 Å². The van der Waals surface area contributed by atoms with Crippen LogP contribution in [-0.2, 0) is 0 Å². The lowest BCUT2D eigenvalue weighted by atomic mass is 10.2. The lowest BCUT2D eigenvalue weighted by Gasteiger charge is -2.14. The zero-order valence-corrected chi connectivity index (χ0v) is 8.03. The second-order valence-electron chi connectivity index (χ2n) is 3.28. The van der Waals surface area contributed by atoms with E-state index in [0.29, 0.717) is 6.04 Å². The summed E-state index contributed by atoms with van der Waals surface area (Å²) in [6.45, 7) is 2.41. The van der Waals surface area contributed by atoms with Gasteiger partial charge in [0.05, 0.1) is 0 Å². The minimum Gasteiger partial charge on any atom is -0.396 e. The van der Waals surface area contributed by atoms with E-state index in [2.05, 4.69) is 24.4 Å². The molecule has 0 fully saturated rings. The van der Waals surface area contributed by atoms with E-state index in [1.54, 1.807) is 0 Å². The van der Waals surface area contributed by atoms with Crippen molar-refractivity contribution in [1.82, 2.24) is 0 Å². The highest BCUT2D eigenvalue weighted by Gasteiger charge is 1.99. The van der Waals surface area contributed by atoms with E-state index in [9.17, 15) is 0 Å². The number of hydrogen-bond acceptors (Lipinski definition) is 2. The Bertz CT molecular complexity index is 223. The fraction of sp³-hybridized carbons (Fsp3) is 0.455. The average Bonchev–Trinajstić information content (AvgIpc) is 2.16. The van der Waals surface area contributed by atoms with Crippen molar-refractivity contribution in [2.45, 2.75) is 25.8 Å². The van der Waals surface area contributed by atoms with E-state index in [1.807, 2.05) is 18.2 Å². The lowest BCUT2D eigenvalue weighted by Crippen LogP contribution is -2.15. The van der Waals surface area contributed by atoms with Crippen molar-refractivity contribution in [3.8, 4) is 0 Å². The van der Waals surface area contributed by atoms with Crippen LogP contribution in [0.2, 0.25) is 0 Å². The third kappa shape index (κ3) is 3.95. The van der Waals surface area contributed by atoms with Gasteiger partial charge in [0.1, 0.15) is 0 Å². The van der Waals surface area contributed by atoms with Gasteiger partial charge in [0.2, 0.25) is 0 Å². The molecule has 1 atom stereocenters. The summed E-state index contributed by atoms with van der Waals surface area (Å²) in [5, 5.41) is 12.0. The van der Waals surface area contributed by atoms with Crippen molar-refractivity contribution in [1.29, 1.82) is 0 Å². The summed E-state index contributed by atoms with van der Waals surface area (Å²) in [4.78, 5) is 0. The molecule has 1 rings (SSSR count). The SMILES string of the molecule is C[C@H](CCCO)Nc1ccccc1. The van der Waals surface area contributed by atoms with Gasteiger partial charge in [0.15, 0.2) is 0 Å².